The highest BCUT2D eigenvalue weighted by molar-refractivity contribution is 5.94. The van der Waals surface area contributed by atoms with Gasteiger partial charge in [-0.05, 0) is 62.1 Å². The summed E-state index contributed by atoms with van der Waals surface area (Å²) in [7, 11) is 0. The molecule has 4 saturated heterocycles. The molecule has 0 aromatic heterocycles. The summed E-state index contributed by atoms with van der Waals surface area (Å²) < 4.78 is 13.5. The van der Waals surface area contributed by atoms with E-state index in [0.29, 0.717) is 35.4 Å². The van der Waals surface area contributed by atoms with Crippen molar-refractivity contribution in [2.45, 2.75) is 50.6 Å². The molecule has 29 heavy (non-hydrogen) atoms. The number of hydrogen-bond donors (Lipinski definition) is 0. The third kappa shape index (κ3) is 3.67. The molecular weight excluding hydrogens is 369 g/mol. The Hall–Kier alpha value is -1.95. The molecule has 0 aliphatic carbocycles. The molecule has 0 spiro atoms. The van der Waals surface area contributed by atoms with Gasteiger partial charge < -0.3 is 9.80 Å². The zero-order valence-corrected chi connectivity index (χ0v) is 16.9. The number of likely N-dealkylation sites (tertiary alicyclic amines) is 2. The summed E-state index contributed by atoms with van der Waals surface area (Å²) in [6.45, 7) is 4.58. The van der Waals surface area contributed by atoms with E-state index in [9.17, 15) is 14.0 Å². The fourth-order valence-electron chi connectivity index (χ4n) is 6.18. The molecular formula is C23H30FN3O2. The molecule has 4 aliphatic rings. The molecule has 1 aromatic carbocycles. The number of carbonyl (C=O) groups excluding carboxylic acids is 2. The number of carbonyl (C=O) groups is 2. The fourth-order valence-corrected chi connectivity index (χ4v) is 6.18. The molecule has 1 aromatic rings. The molecule has 0 N–H and O–H groups in total. The van der Waals surface area contributed by atoms with E-state index < -0.39 is 0 Å². The van der Waals surface area contributed by atoms with Gasteiger partial charge in [-0.15, -0.1) is 0 Å². The van der Waals surface area contributed by atoms with Crippen LogP contribution in [-0.4, -0.2) is 71.3 Å². The zero-order chi connectivity index (χ0) is 20.0. The number of piperidine rings is 4. The third-order valence-electron chi connectivity index (χ3n) is 7.55. The Morgan fingerprint density at radius 1 is 1.07 bits per heavy atom. The molecule has 5 nitrogen and oxygen atoms in total. The van der Waals surface area contributed by atoms with E-state index >= 15 is 0 Å². The van der Waals surface area contributed by atoms with Gasteiger partial charge in [0.05, 0.1) is 0 Å². The molecule has 2 bridgehead atoms. The second-order valence-corrected chi connectivity index (χ2v) is 9.36. The lowest BCUT2D eigenvalue weighted by Crippen LogP contribution is -2.62. The molecule has 4 heterocycles. The maximum Gasteiger partial charge on any atom is 0.253 e. The van der Waals surface area contributed by atoms with Gasteiger partial charge in [0.2, 0.25) is 5.91 Å². The first-order valence-corrected chi connectivity index (χ1v) is 11.2. The first kappa shape index (κ1) is 19.0. The Labute approximate surface area is 171 Å². The normalized spacial score (nSPS) is 30.9. The van der Waals surface area contributed by atoms with Gasteiger partial charge in [-0.1, -0.05) is 6.07 Å². The Bertz CT molecular complexity index is 792. The second kappa shape index (κ2) is 7.71. The Morgan fingerprint density at radius 3 is 2.69 bits per heavy atom. The SMILES string of the molecule is O=C(c1cccc(F)c1)N1CCC(N2C[C@H]3C[C@H](C2)[C@H]2CCCC(=O)N2C3)CC1. The minimum Gasteiger partial charge on any atom is -0.339 e. The lowest BCUT2D eigenvalue weighted by Gasteiger charge is -2.54. The van der Waals surface area contributed by atoms with E-state index in [1.807, 2.05) is 4.90 Å². The third-order valence-corrected chi connectivity index (χ3v) is 7.55. The number of hydrogen-bond acceptors (Lipinski definition) is 3. The number of rotatable bonds is 2. The smallest absolute Gasteiger partial charge is 0.253 e. The highest BCUT2D eigenvalue weighted by Crippen LogP contribution is 2.39. The topological polar surface area (TPSA) is 43.9 Å². The number of amides is 2. The van der Waals surface area contributed by atoms with Crippen LogP contribution in [0.25, 0.3) is 0 Å². The van der Waals surface area contributed by atoms with E-state index in [1.165, 1.54) is 18.6 Å². The van der Waals surface area contributed by atoms with Gasteiger partial charge >= 0.3 is 0 Å². The van der Waals surface area contributed by atoms with Crippen LogP contribution in [0, 0.1) is 17.7 Å². The zero-order valence-electron chi connectivity index (χ0n) is 16.9. The van der Waals surface area contributed by atoms with Gasteiger partial charge in [0.1, 0.15) is 5.82 Å². The summed E-state index contributed by atoms with van der Waals surface area (Å²) in [5, 5.41) is 0. The number of nitrogens with zero attached hydrogens (tertiary/aromatic N) is 3. The number of halogens is 1. The van der Waals surface area contributed by atoms with Gasteiger partial charge in [-0.2, -0.15) is 0 Å². The van der Waals surface area contributed by atoms with Crippen LogP contribution in [0.5, 0.6) is 0 Å². The van der Waals surface area contributed by atoms with Crippen molar-refractivity contribution in [2.24, 2.45) is 11.8 Å². The van der Waals surface area contributed by atoms with Crippen molar-refractivity contribution in [1.82, 2.24) is 14.7 Å². The summed E-state index contributed by atoms with van der Waals surface area (Å²) in [5.74, 6) is 1.15. The van der Waals surface area contributed by atoms with Crippen molar-refractivity contribution < 1.29 is 14.0 Å². The second-order valence-electron chi connectivity index (χ2n) is 9.36. The van der Waals surface area contributed by atoms with Gasteiger partial charge in [-0.3, -0.25) is 14.5 Å². The van der Waals surface area contributed by atoms with E-state index in [0.717, 1.165) is 64.8 Å². The van der Waals surface area contributed by atoms with Gasteiger partial charge in [0.15, 0.2) is 0 Å². The summed E-state index contributed by atoms with van der Waals surface area (Å²) in [6.07, 6.45) is 6.17. The molecule has 0 unspecified atom stereocenters. The number of fused-ring (bicyclic) bond motifs is 4. The molecule has 4 aliphatic heterocycles. The van der Waals surface area contributed by atoms with Gasteiger partial charge in [-0.25, -0.2) is 4.39 Å². The number of benzene rings is 1. The highest BCUT2D eigenvalue weighted by Gasteiger charge is 2.45. The predicted octanol–water partition coefficient (Wildman–Crippen LogP) is 2.76. The quantitative estimate of drug-likeness (QED) is 0.768. The minimum absolute atomic E-state index is 0.0603. The van der Waals surface area contributed by atoms with E-state index in [2.05, 4.69) is 9.80 Å². The molecule has 3 atom stereocenters. The lowest BCUT2D eigenvalue weighted by molar-refractivity contribution is -0.145. The molecule has 156 valence electrons. The van der Waals surface area contributed by atoms with Crippen LogP contribution in [0.3, 0.4) is 0 Å². The molecule has 0 saturated carbocycles. The maximum atomic E-state index is 13.5. The van der Waals surface area contributed by atoms with Crippen LogP contribution in [0.15, 0.2) is 24.3 Å². The van der Waals surface area contributed by atoms with E-state index in [4.69, 9.17) is 0 Å². The molecule has 4 fully saturated rings. The highest BCUT2D eigenvalue weighted by atomic mass is 19.1. The largest absolute Gasteiger partial charge is 0.339 e. The lowest BCUT2D eigenvalue weighted by atomic mass is 9.75. The Balaban J connectivity index is 1.20. The van der Waals surface area contributed by atoms with Crippen molar-refractivity contribution >= 4 is 11.8 Å². The molecule has 0 radical (unpaired) electrons. The van der Waals surface area contributed by atoms with Gasteiger partial charge in [0, 0.05) is 56.8 Å². The Kier molecular flexibility index (Phi) is 5.06. The van der Waals surface area contributed by atoms with Crippen LogP contribution < -0.4 is 0 Å². The van der Waals surface area contributed by atoms with Crippen molar-refractivity contribution in [3.05, 3.63) is 35.6 Å². The molecule has 2 amide bonds. The first-order chi connectivity index (χ1) is 14.1. The van der Waals surface area contributed by atoms with Crippen molar-refractivity contribution in [3.8, 4) is 0 Å². The summed E-state index contributed by atoms with van der Waals surface area (Å²) >= 11 is 0. The van der Waals surface area contributed by atoms with Crippen molar-refractivity contribution in [2.75, 3.05) is 32.7 Å². The first-order valence-electron chi connectivity index (χ1n) is 11.2. The summed E-state index contributed by atoms with van der Waals surface area (Å²) in [4.78, 5) is 31.7. The van der Waals surface area contributed by atoms with Crippen LogP contribution in [0.4, 0.5) is 4.39 Å². The van der Waals surface area contributed by atoms with Gasteiger partial charge in [0.25, 0.3) is 5.91 Å². The standard InChI is InChI=1S/C23H30FN3O2/c24-19-4-1-3-17(12-19)23(29)25-9-7-20(8-10-25)26-13-16-11-18(15-26)21-5-2-6-22(28)27(21)14-16/h1,3-4,12,16,18,20-21H,2,5-11,13-15H2/t16-,18-,21-/m1/s1. The molecule has 5 rings (SSSR count). The van der Waals surface area contributed by atoms with Crippen molar-refractivity contribution in [1.29, 1.82) is 0 Å². The maximum absolute atomic E-state index is 13.5. The minimum atomic E-state index is -0.360. The fraction of sp³-hybridized carbons (Fsp3) is 0.652. The van der Waals surface area contributed by atoms with Crippen LogP contribution in [0.1, 0.15) is 48.9 Å². The predicted molar refractivity (Wildman–Crippen MR) is 108 cm³/mol. The average Bonchev–Trinajstić information content (AvgIpc) is 2.74. The van der Waals surface area contributed by atoms with Crippen molar-refractivity contribution in [3.63, 3.8) is 0 Å². The van der Waals surface area contributed by atoms with E-state index in [1.54, 1.807) is 12.1 Å². The van der Waals surface area contributed by atoms with Crippen LogP contribution >= 0.6 is 0 Å². The van der Waals surface area contributed by atoms with E-state index in [-0.39, 0.29) is 11.7 Å². The monoisotopic (exact) mass is 399 g/mol. The molecule has 6 heteroatoms. The van der Waals surface area contributed by atoms with Crippen LogP contribution in [0.2, 0.25) is 0 Å². The van der Waals surface area contributed by atoms with Crippen LogP contribution in [-0.2, 0) is 4.79 Å². The summed E-state index contributed by atoms with van der Waals surface area (Å²) in [5.41, 5.74) is 0.443. The average molecular weight is 400 g/mol. The summed E-state index contributed by atoms with van der Waals surface area (Å²) in [6, 6.07) is 6.96. The Morgan fingerprint density at radius 2 is 1.90 bits per heavy atom.